The zero-order valence-electron chi connectivity index (χ0n) is 9.15. The summed E-state index contributed by atoms with van der Waals surface area (Å²) in [5.74, 6) is 0.117. The van der Waals surface area contributed by atoms with Crippen LogP contribution in [0.25, 0.3) is 0 Å². The van der Waals surface area contributed by atoms with Crippen molar-refractivity contribution >= 4 is 11.6 Å². The lowest BCUT2D eigenvalue weighted by molar-refractivity contribution is 0.450. The van der Waals surface area contributed by atoms with Crippen LogP contribution in [-0.4, -0.2) is 9.97 Å². The van der Waals surface area contributed by atoms with Gasteiger partial charge in [-0.3, -0.25) is 0 Å². The molecule has 0 bridgehead atoms. The lowest BCUT2D eigenvalue weighted by Crippen LogP contribution is -1.92. The van der Waals surface area contributed by atoms with E-state index < -0.39 is 5.95 Å². The van der Waals surface area contributed by atoms with Crippen molar-refractivity contribution in [2.75, 3.05) is 0 Å². The first-order valence-corrected chi connectivity index (χ1v) is 5.50. The highest BCUT2D eigenvalue weighted by molar-refractivity contribution is 6.31. The van der Waals surface area contributed by atoms with Crippen molar-refractivity contribution in [3.05, 3.63) is 47.1 Å². The summed E-state index contributed by atoms with van der Waals surface area (Å²) in [5.41, 5.74) is 0.971. The van der Waals surface area contributed by atoms with Gasteiger partial charge in [0, 0.05) is 5.02 Å². The quantitative estimate of drug-likeness (QED) is 0.783. The molecule has 0 atom stereocenters. The third-order valence-corrected chi connectivity index (χ3v) is 2.60. The average Bonchev–Trinajstić information content (AvgIpc) is 2.32. The van der Waals surface area contributed by atoms with Crippen molar-refractivity contribution in [1.29, 1.82) is 0 Å². The lowest BCUT2D eigenvalue weighted by Gasteiger charge is -2.07. The van der Waals surface area contributed by atoms with Crippen molar-refractivity contribution in [3.63, 3.8) is 0 Å². The molecule has 3 nitrogen and oxygen atoms in total. The molecule has 5 heteroatoms. The summed E-state index contributed by atoms with van der Waals surface area (Å²) >= 11 is 5.98. The number of ether oxygens (including phenoxy) is 1. The zero-order valence-corrected chi connectivity index (χ0v) is 9.91. The molecule has 0 saturated carbocycles. The fourth-order valence-electron chi connectivity index (χ4n) is 1.38. The van der Waals surface area contributed by atoms with Crippen molar-refractivity contribution < 1.29 is 9.13 Å². The maximum atomic E-state index is 12.8. The molecule has 0 spiro atoms. The van der Waals surface area contributed by atoms with E-state index in [1.165, 1.54) is 0 Å². The Morgan fingerprint density at radius 1 is 1.29 bits per heavy atom. The highest BCUT2D eigenvalue weighted by Crippen LogP contribution is 2.25. The number of halogens is 2. The Hall–Kier alpha value is -1.68. The van der Waals surface area contributed by atoms with Crippen LogP contribution in [0.2, 0.25) is 5.02 Å². The highest BCUT2D eigenvalue weighted by atomic mass is 35.5. The molecule has 1 aromatic heterocycles. The van der Waals surface area contributed by atoms with Gasteiger partial charge in [0.25, 0.3) is 0 Å². The van der Waals surface area contributed by atoms with Gasteiger partial charge in [0.1, 0.15) is 12.1 Å². The summed E-state index contributed by atoms with van der Waals surface area (Å²) in [6.45, 7) is 2.00. The normalized spacial score (nSPS) is 10.3. The molecule has 2 rings (SSSR count). The third-order valence-electron chi connectivity index (χ3n) is 2.23. The standard InChI is InChI=1S/C12H10ClFN2O/c1-2-8-5-9(3-4-10(8)13)17-12-6-11(14)15-7-16-12/h3-7H,2H2,1H3. The van der Waals surface area contributed by atoms with E-state index in [2.05, 4.69) is 9.97 Å². The first-order valence-electron chi connectivity index (χ1n) is 5.13. The predicted octanol–water partition coefficient (Wildman–Crippen LogP) is 3.62. The van der Waals surface area contributed by atoms with Gasteiger partial charge in [-0.05, 0) is 30.2 Å². The van der Waals surface area contributed by atoms with Crippen LogP contribution in [0, 0.1) is 5.95 Å². The largest absolute Gasteiger partial charge is 0.439 e. The monoisotopic (exact) mass is 252 g/mol. The summed E-state index contributed by atoms with van der Waals surface area (Å²) in [6, 6.07) is 6.39. The van der Waals surface area contributed by atoms with E-state index in [-0.39, 0.29) is 5.88 Å². The molecule has 0 aliphatic rings. The Labute approximate surface area is 103 Å². The first kappa shape index (κ1) is 11.8. The van der Waals surface area contributed by atoms with E-state index in [0.717, 1.165) is 24.4 Å². The van der Waals surface area contributed by atoms with Gasteiger partial charge < -0.3 is 4.74 Å². The van der Waals surface area contributed by atoms with E-state index in [9.17, 15) is 4.39 Å². The lowest BCUT2D eigenvalue weighted by atomic mass is 10.1. The van der Waals surface area contributed by atoms with Crippen LogP contribution in [0.3, 0.4) is 0 Å². The summed E-state index contributed by atoms with van der Waals surface area (Å²) in [7, 11) is 0. The van der Waals surface area contributed by atoms with Gasteiger partial charge in [-0.1, -0.05) is 18.5 Å². The second-order valence-electron chi connectivity index (χ2n) is 3.39. The second kappa shape index (κ2) is 5.10. The van der Waals surface area contributed by atoms with E-state index in [0.29, 0.717) is 10.8 Å². The van der Waals surface area contributed by atoms with Crippen molar-refractivity contribution in [2.24, 2.45) is 0 Å². The summed E-state index contributed by atoms with van der Waals surface area (Å²) in [4.78, 5) is 7.16. The molecule has 0 amide bonds. The van der Waals surface area contributed by atoms with Crippen molar-refractivity contribution in [1.82, 2.24) is 9.97 Å². The smallest absolute Gasteiger partial charge is 0.225 e. The fraction of sp³-hybridized carbons (Fsp3) is 0.167. The number of rotatable bonds is 3. The number of hydrogen-bond donors (Lipinski definition) is 0. The van der Waals surface area contributed by atoms with Gasteiger partial charge in [0.15, 0.2) is 0 Å². The van der Waals surface area contributed by atoms with Crippen LogP contribution >= 0.6 is 11.6 Å². The molecule has 17 heavy (non-hydrogen) atoms. The van der Waals surface area contributed by atoms with Gasteiger partial charge in [-0.2, -0.15) is 4.39 Å². The van der Waals surface area contributed by atoms with Gasteiger partial charge in [0.2, 0.25) is 11.8 Å². The van der Waals surface area contributed by atoms with Crippen LogP contribution in [0.4, 0.5) is 4.39 Å². The predicted molar refractivity (Wildman–Crippen MR) is 62.9 cm³/mol. The van der Waals surface area contributed by atoms with E-state index >= 15 is 0 Å². The summed E-state index contributed by atoms with van der Waals surface area (Å²) < 4.78 is 18.2. The molecular weight excluding hydrogens is 243 g/mol. The number of aryl methyl sites for hydroxylation is 1. The van der Waals surface area contributed by atoms with Crippen LogP contribution in [0.15, 0.2) is 30.6 Å². The maximum Gasteiger partial charge on any atom is 0.225 e. The highest BCUT2D eigenvalue weighted by Gasteiger charge is 2.04. The van der Waals surface area contributed by atoms with Crippen molar-refractivity contribution in [3.8, 4) is 11.6 Å². The fourth-order valence-corrected chi connectivity index (χ4v) is 1.63. The summed E-state index contributed by atoms with van der Waals surface area (Å²) in [6.07, 6.45) is 1.91. The Morgan fingerprint density at radius 3 is 2.82 bits per heavy atom. The minimum absolute atomic E-state index is 0.168. The van der Waals surface area contributed by atoms with Gasteiger partial charge in [-0.15, -0.1) is 0 Å². The minimum atomic E-state index is -0.625. The van der Waals surface area contributed by atoms with E-state index in [1.807, 2.05) is 13.0 Å². The number of nitrogens with zero attached hydrogens (tertiary/aromatic N) is 2. The molecule has 0 aliphatic heterocycles. The maximum absolute atomic E-state index is 12.8. The number of benzene rings is 1. The zero-order chi connectivity index (χ0) is 12.3. The topological polar surface area (TPSA) is 35.0 Å². The van der Waals surface area contributed by atoms with Gasteiger partial charge in [0.05, 0.1) is 6.07 Å². The molecule has 0 fully saturated rings. The van der Waals surface area contributed by atoms with Crippen LogP contribution in [0.1, 0.15) is 12.5 Å². The molecule has 1 aromatic carbocycles. The Morgan fingerprint density at radius 2 is 2.12 bits per heavy atom. The molecule has 1 heterocycles. The van der Waals surface area contributed by atoms with Crippen LogP contribution in [-0.2, 0) is 6.42 Å². The number of hydrogen-bond acceptors (Lipinski definition) is 3. The third kappa shape index (κ3) is 2.91. The van der Waals surface area contributed by atoms with Gasteiger partial charge in [-0.25, -0.2) is 9.97 Å². The first-order chi connectivity index (χ1) is 8.19. The Bertz CT molecular complexity index is 534. The summed E-state index contributed by atoms with van der Waals surface area (Å²) in [5, 5.41) is 0.689. The van der Waals surface area contributed by atoms with Gasteiger partial charge >= 0.3 is 0 Å². The van der Waals surface area contributed by atoms with E-state index in [1.54, 1.807) is 12.1 Å². The molecule has 0 aliphatic carbocycles. The van der Waals surface area contributed by atoms with E-state index in [4.69, 9.17) is 16.3 Å². The van der Waals surface area contributed by atoms with Crippen molar-refractivity contribution in [2.45, 2.75) is 13.3 Å². The van der Waals surface area contributed by atoms with Crippen LogP contribution in [0.5, 0.6) is 11.6 Å². The average molecular weight is 253 g/mol. The number of aromatic nitrogens is 2. The molecule has 88 valence electrons. The Balaban J connectivity index is 2.24. The molecule has 0 saturated heterocycles. The molecular formula is C12H10ClFN2O. The molecule has 0 N–H and O–H groups in total. The Kier molecular flexibility index (Phi) is 3.54. The molecule has 2 aromatic rings. The molecule has 0 radical (unpaired) electrons. The second-order valence-corrected chi connectivity index (χ2v) is 3.79. The van der Waals surface area contributed by atoms with Crippen LogP contribution < -0.4 is 4.74 Å². The SMILES string of the molecule is CCc1cc(Oc2cc(F)ncn2)ccc1Cl. The minimum Gasteiger partial charge on any atom is -0.439 e. The molecule has 0 unspecified atom stereocenters.